The van der Waals surface area contributed by atoms with Crippen molar-refractivity contribution in [2.45, 2.75) is 147 Å². The molecule has 2 bridgehead atoms. The van der Waals surface area contributed by atoms with Gasteiger partial charge in [0, 0.05) is 48.0 Å². The van der Waals surface area contributed by atoms with Gasteiger partial charge in [-0.25, -0.2) is 13.2 Å². The largest absolute Gasteiger partial charge is 1.00 e. The van der Waals surface area contributed by atoms with Crippen molar-refractivity contribution < 1.29 is 67.0 Å². The SMILES string of the molecule is O=C([O-])CCCCCCC/C=C\CCCCCCCCc1c2n(cc(C(=O)NCc3c(F)cc(F)cc3F)c1=O)C[C@H]1O[C@@H]3CC[C@@H](C3)N1C2=O.[Na+]. The summed E-state index contributed by atoms with van der Waals surface area (Å²) in [4.78, 5) is 53.3. The number of carbonyl (C=O) groups excluding carboxylic acids is 3. The molecule has 2 aromatic rings. The summed E-state index contributed by atoms with van der Waals surface area (Å²) in [6.07, 6.45) is 20.9. The van der Waals surface area contributed by atoms with Gasteiger partial charge in [0.1, 0.15) is 28.7 Å². The number of carboxylic acids is 1. The Kier molecular flexibility index (Phi) is 16.5. The molecule has 0 spiro atoms. The number of amides is 2. The van der Waals surface area contributed by atoms with Crippen LogP contribution in [-0.4, -0.2) is 45.6 Å². The zero-order valence-electron chi connectivity index (χ0n) is 30.2. The maximum absolute atomic E-state index is 14.2. The molecule has 3 heterocycles. The number of nitrogens with one attached hydrogen (secondary N) is 1. The zero-order chi connectivity index (χ0) is 36.3. The molecule has 3 aliphatic rings. The van der Waals surface area contributed by atoms with Crippen molar-refractivity contribution in [2.24, 2.45) is 0 Å². The van der Waals surface area contributed by atoms with Crippen LogP contribution in [0.1, 0.15) is 141 Å². The molecule has 3 atom stereocenters. The molecule has 2 amide bonds. The maximum atomic E-state index is 14.2. The minimum atomic E-state index is -1.14. The third kappa shape index (κ3) is 11.1. The van der Waals surface area contributed by atoms with E-state index in [1.807, 2.05) is 0 Å². The van der Waals surface area contributed by atoms with E-state index in [4.69, 9.17) is 4.74 Å². The minimum absolute atomic E-state index is 0. The molecule has 13 heteroatoms. The molecule has 2 aliphatic heterocycles. The summed E-state index contributed by atoms with van der Waals surface area (Å²) >= 11 is 0. The Morgan fingerprint density at radius 1 is 0.865 bits per heavy atom. The molecule has 1 aliphatic carbocycles. The number of hydrogen-bond acceptors (Lipinski definition) is 6. The second-order valence-electron chi connectivity index (χ2n) is 14.1. The molecule has 0 unspecified atom stereocenters. The summed E-state index contributed by atoms with van der Waals surface area (Å²) in [6.45, 7) is -0.315. The van der Waals surface area contributed by atoms with Gasteiger partial charge in [-0.05, 0) is 70.6 Å². The third-order valence-electron chi connectivity index (χ3n) is 10.3. The first-order valence-electron chi connectivity index (χ1n) is 18.6. The molecule has 1 saturated heterocycles. The van der Waals surface area contributed by atoms with E-state index in [2.05, 4.69) is 17.5 Å². The second-order valence-corrected chi connectivity index (χ2v) is 14.1. The monoisotopic (exact) mass is 735 g/mol. The topological polar surface area (TPSA) is 121 Å². The van der Waals surface area contributed by atoms with Crippen LogP contribution in [-0.2, 0) is 29.0 Å². The van der Waals surface area contributed by atoms with Gasteiger partial charge in [-0.1, -0.05) is 57.1 Å². The minimum Gasteiger partial charge on any atom is -0.550 e. The van der Waals surface area contributed by atoms with E-state index in [0.717, 1.165) is 89.9 Å². The van der Waals surface area contributed by atoms with Crippen LogP contribution in [0.15, 0.2) is 35.3 Å². The second kappa shape index (κ2) is 20.5. The van der Waals surface area contributed by atoms with Gasteiger partial charge in [0.05, 0.1) is 12.6 Å². The molecular weight excluding hydrogens is 686 g/mol. The Labute approximate surface area is 325 Å². The van der Waals surface area contributed by atoms with E-state index in [-0.39, 0.29) is 77.4 Å². The number of rotatable bonds is 20. The van der Waals surface area contributed by atoms with E-state index in [1.165, 1.54) is 6.20 Å². The van der Waals surface area contributed by atoms with Gasteiger partial charge < -0.3 is 29.4 Å². The Morgan fingerprint density at radius 3 is 2.13 bits per heavy atom. The Morgan fingerprint density at radius 2 is 1.48 bits per heavy atom. The molecule has 2 fully saturated rings. The van der Waals surface area contributed by atoms with Crippen molar-refractivity contribution >= 4 is 17.8 Å². The molecule has 52 heavy (non-hydrogen) atoms. The molecule has 278 valence electrons. The fourth-order valence-corrected chi connectivity index (χ4v) is 7.62. The van der Waals surface area contributed by atoms with Crippen molar-refractivity contribution in [2.75, 3.05) is 0 Å². The predicted molar refractivity (Wildman–Crippen MR) is 183 cm³/mol. The average Bonchev–Trinajstić information content (AvgIpc) is 3.46. The van der Waals surface area contributed by atoms with Crippen molar-refractivity contribution in [1.82, 2.24) is 14.8 Å². The molecule has 9 nitrogen and oxygen atoms in total. The van der Waals surface area contributed by atoms with Crippen molar-refractivity contribution in [3.05, 3.63) is 80.5 Å². The number of ether oxygens (including phenoxy) is 1. The van der Waals surface area contributed by atoms with Crippen LogP contribution in [0.4, 0.5) is 13.2 Å². The standard InChI is InChI=1S/C39H50F3N3O6.Na/c40-26-20-32(41)30(33(42)21-26)23-43-38(49)31-24-44-25-34-45(27-18-19-28(22-27)51-34)39(50)36(44)29(37(31)48)16-14-12-10-8-6-4-2-1-3-5-7-9-11-13-15-17-35(46)47;/h1,3,20-21,24,27-28,34H,2,4-19,22-23,25H2,(H,43,49)(H,46,47);/q;+1/p-1/b3-1-;/t27-,28+,34+;/m0./s1. The number of nitrogens with zero attached hydrogens (tertiary/aromatic N) is 2. The summed E-state index contributed by atoms with van der Waals surface area (Å²) in [6, 6.07) is 1.11. The molecule has 1 aromatic carbocycles. The van der Waals surface area contributed by atoms with Gasteiger partial charge in [-0.2, -0.15) is 0 Å². The Balaban J connectivity index is 0.00000605. The first kappa shape index (κ1) is 41.8. The number of halogens is 3. The maximum Gasteiger partial charge on any atom is 1.00 e. The number of benzene rings is 1. The fraction of sp³-hybridized carbons (Fsp3) is 0.590. The number of fused-ring (bicyclic) bond motifs is 5. The van der Waals surface area contributed by atoms with E-state index in [9.17, 15) is 37.5 Å². The summed E-state index contributed by atoms with van der Waals surface area (Å²) in [5.41, 5.74) is -0.769. The van der Waals surface area contributed by atoms with Gasteiger partial charge in [0.2, 0.25) is 0 Å². The van der Waals surface area contributed by atoms with E-state index < -0.39 is 53.1 Å². The van der Waals surface area contributed by atoms with Crippen LogP contribution in [0.5, 0.6) is 0 Å². The number of unbranched alkanes of at least 4 members (excludes halogenated alkanes) is 11. The van der Waals surface area contributed by atoms with E-state index >= 15 is 0 Å². The third-order valence-corrected chi connectivity index (χ3v) is 10.3. The number of carboxylic acid groups (broad SMARTS) is 1. The van der Waals surface area contributed by atoms with Crippen LogP contribution >= 0.6 is 0 Å². The molecule has 5 rings (SSSR count). The van der Waals surface area contributed by atoms with Crippen LogP contribution in [0, 0.1) is 17.5 Å². The molecule has 0 radical (unpaired) electrons. The van der Waals surface area contributed by atoms with Crippen LogP contribution < -0.4 is 45.4 Å². The van der Waals surface area contributed by atoms with Gasteiger partial charge in [0.15, 0.2) is 11.7 Å². The van der Waals surface area contributed by atoms with Gasteiger partial charge in [-0.15, -0.1) is 0 Å². The zero-order valence-corrected chi connectivity index (χ0v) is 32.2. The van der Waals surface area contributed by atoms with Crippen LogP contribution in [0.25, 0.3) is 0 Å². The number of aromatic nitrogens is 1. The van der Waals surface area contributed by atoms with Gasteiger partial charge >= 0.3 is 29.6 Å². The summed E-state index contributed by atoms with van der Waals surface area (Å²) in [5.74, 6) is -5.44. The van der Waals surface area contributed by atoms with Gasteiger partial charge in [0.25, 0.3) is 11.8 Å². The quantitative estimate of drug-likeness (QED) is 0.127. The molecule has 1 saturated carbocycles. The number of aliphatic carboxylic acids is 1. The molecule has 1 N–H and O–H groups in total. The smallest absolute Gasteiger partial charge is 0.550 e. The average molecular weight is 736 g/mol. The number of hydrogen-bond donors (Lipinski definition) is 1. The fourth-order valence-electron chi connectivity index (χ4n) is 7.62. The number of carbonyl (C=O) groups is 3. The Bertz CT molecular complexity index is 1630. The number of allylic oxidation sites excluding steroid dienone is 2. The van der Waals surface area contributed by atoms with E-state index in [0.29, 0.717) is 31.4 Å². The molecular formula is C39H49F3N3NaO6. The molecule has 1 aromatic heterocycles. The van der Waals surface area contributed by atoms with Crippen molar-refractivity contribution in [3.8, 4) is 0 Å². The predicted octanol–water partition coefficient (Wildman–Crippen LogP) is 3.24. The van der Waals surface area contributed by atoms with E-state index in [1.54, 1.807) is 9.47 Å². The Hall–Kier alpha value is -2.93. The number of pyridine rings is 1. The van der Waals surface area contributed by atoms with Crippen molar-refractivity contribution in [3.63, 3.8) is 0 Å². The van der Waals surface area contributed by atoms with Crippen LogP contribution in [0.3, 0.4) is 0 Å². The first-order chi connectivity index (χ1) is 24.6. The van der Waals surface area contributed by atoms with Crippen LogP contribution in [0.2, 0.25) is 0 Å². The summed E-state index contributed by atoms with van der Waals surface area (Å²) in [7, 11) is 0. The normalized spacial score (nSPS) is 19.0. The summed E-state index contributed by atoms with van der Waals surface area (Å²) in [5, 5.41) is 12.8. The summed E-state index contributed by atoms with van der Waals surface area (Å²) < 4.78 is 49.7. The first-order valence-corrected chi connectivity index (χ1v) is 18.6. The van der Waals surface area contributed by atoms with Gasteiger partial charge in [-0.3, -0.25) is 14.4 Å². The van der Waals surface area contributed by atoms with Crippen molar-refractivity contribution in [1.29, 1.82) is 0 Å².